The van der Waals surface area contributed by atoms with Gasteiger partial charge in [0, 0.05) is 17.4 Å². The van der Waals surface area contributed by atoms with Gasteiger partial charge >= 0.3 is 0 Å². The molecule has 3 nitrogen and oxygen atoms in total. The molecule has 2 aliphatic heterocycles. The standard InChI is InChI=1S/C11H6N2O/c14-7-1-2-10-9(5-7)8-3-4-12-6-11(8)13-10/h1-5,14H. The first-order valence-electron chi connectivity index (χ1n) is 4.26. The highest BCUT2D eigenvalue weighted by Gasteiger charge is 2.22. The fourth-order valence-electron chi connectivity index (χ4n) is 1.61. The number of aromatic hydroxyl groups is 1. The molecule has 0 atom stereocenters. The summed E-state index contributed by atoms with van der Waals surface area (Å²) in [4.78, 5) is 8.21. The molecule has 0 bridgehead atoms. The van der Waals surface area contributed by atoms with Crippen LogP contribution in [0.25, 0.3) is 5.57 Å². The lowest BCUT2D eigenvalue weighted by Crippen LogP contribution is -2.00. The molecule has 2 heterocycles. The lowest BCUT2D eigenvalue weighted by Gasteiger charge is -2.04. The van der Waals surface area contributed by atoms with E-state index in [1.165, 1.54) is 0 Å². The van der Waals surface area contributed by atoms with Crippen molar-refractivity contribution in [2.45, 2.75) is 0 Å². The van der Waals surface area contributed by atoms with Crippen LogP contribution in [-0.4, -0.2) is 17.0 Å². The van der Waals surface area contributed by atoms with Crippen LogP contribution in [0.1, 0.15) is 5.56 Å². The van der Waals surface area contributed by atoms with Crippen molar-refractivity contribution in [3.63, 3.8) is 0 Å². The van der Waals surface area contributed by atoms with Crippen LogP contribution in [0.5, 0.6) is 5.75 Å². The predicted molar refractivity (Wildman–Crippen MR) is 54.9 cm³/mol. The number of hydrogen-bond acceptors (Lipinski definition) is 3. The number of hydrogen-bond donors (Lipinski definition) is 1. The third kappa shape index (κ3) is 0.923. The number of dihydropyridines is 1. The molecule has 0 saturated heterocycles. The van der Waals surface area contributed by atoms with E-state index in [0.29, 0.717) is 0 Å². The molecule has 0 amide bonds. The smallest absolute Gasteiger partial charge is 0.170 e. The number of aliphatic imine (C=N–C) groups is 2. The molecule has 14 heavy (non-hydrogen) atoms. The zero-order valence-electron chi connectivity index (χ0n) is 7.23. The molecule has 2 aliphatic rings. The van der Waals surface area contributed by atoms with E-state index in [9.17, 15) is 5.11 Å². The Morgan fingerprint density at radius 1 is 1.29 bits per heavy atom. The molecule has 3 rings (SSSR count). The molecule has 1 aromatic carbocycles. The number of phenolic OH excluding ortho intramolecular Hbond substituents is 1. The molecular formula is C11H6N2O. The predicted octanol–water partition coefficient (Wildman–Crippen LogP) is 1.98. The summed E-state index contributed by atoms with van der Waals surface area (Å²) >= 11 is 0. The fourth-order valence-corrected chi connectivity index (χ4v) is 1.61. The molecule has 0 fully saturated rings. The summed E-state index contributed by atoms with van der Waals surface area (Å²) in [6, 6.07) is 5.12. The van der Waals surface area contributed by atoms with Crippen LogP contribution >= 0.6 is 0 Å². The Balaban J connectivity index is 2.24. The van der Waals surface area contributed by atoms with E-state index < -0.39 is 0 Å². The molecule has 0 spiro atoms. The number of fused-ring (bicyclic) bond motifs is 3. The monoisotopic (exact) mass is 182 g/mol. The molecule has 2 radical (unpaired) electrons. The van der Waals surface area contributed by atoms with E-state index in [0.717, 1.165) is 22.5 Å². The van der Waals surface area contributed by atoms with Crippen LogP contribution in [0.3, 0.4) is 0 Å². The Morgan fingerprint density at radius 2 is 2.21 bits per heavy atom. The second-order valence-corrected chi connectivity index (χ2v) is 3.13. The number of rotatable bonds is 0. The summed E-state index contributed by atoms with van der Waals surface area (Å²) in [6.45, 7) is 2.82. The molecule has 0 aliphatic carbocycles. The number of nitrogens with zero attached hydrogens (tertiary/aromatic N) is 2. The Bertz CT molecular complexity index is 498. The maximum absolute atomic E-state index is 9.35. The minimum atomic E-state index is 0.253. The van der Waals surface area contributed by atoms with Crippen molar-refractivity contribution in [3.05, 3.63) is 36.4 Å². The van der Waals surface area contributed by atoms with E-state index in [1.807, 2.05) is 6.08 Å². The number of allylic oxidation sites excluding steroid dienone is 1. The van der Waals surface area contributed by atoms with Crippen LogP contribution in [0.4, 0.5) is 5.69 Å². The zero-order chi connectivity index (χ0) is 9.54. The van der Waals surface area contributed by atoms with Crippen LogP contribution in [0.15, 0.2) is 34.3 Å². The Morgan fingerprint density at radius 3 is 3.14 bits per heavy atom. The molecule has 1 N–H and O–H groups in total. The molecule has 0 unspecified atom stereocenters. The van der Waals surface area contributed by atoms with Crippen LogP contribution in [0, 0.1) is 6.54 Å². The first-order chi connectivity index (χ1) is 6.84. The largest absolute Gasteiger partial charge is 0.508 e. The van der Waals surface area contributed by atoms with Gasteiger partial charge in [-0.15, -0.1) is 0 Å². The minimum Gasteiger partial charge on any atom is -0.508 e. The highest BCUT2D eigenvalue weighted by molar-refractivity contribution is 6.35. The average Bonchev–Trinajstić information content (AvgIpc) is 2.56. The summed E-state index contributed by atoms with van der Waals surface area (Å²) in [5.41, 5.74) is 3.53. The van der Waals surface area contributed by atoms with Gasteiger partial charge in [0.05, 0.1) is 11.4 Å². The lowest BCUT2D eigenvalue weighted by atomic mass is 10.0. The van der Waals surface area contributed by atoms with Crippen molar-refractivity contribution in [3.8, 4) is 5.75 Å². The van der Waals surface area contributed by atoms with Gasteiger partial charge in [0.15, 0.2) is 6.54 Å². The SMILES string of the molecule is Oc1ccc2c(c1)C1=CC=N[C]C1=N2. The van der Waals surface area contributed by atoms with Crippen LogP contribution in [0.2, 0.25) is 0 Å². The van der Waals surface area contributed by atoms with Crippen LogP contribution < -0.4 is 0 Å². The summed E-state index contributed by atoms with van der Waals surface area (Å²) in [7, 11) is 0. The van der Waals surface area contributed by atoms with Crippen molar-refractivity contribution < 1.29 is 5.11 Å². The second-order valence-electron chi connectivity index (χ2n) is 3.13. The first kappa shape index (κ1) is 7.50. The minimum absolute atomic E-state index is 0.253. The van der Waals surface area contributed by atoms with Gasteiger partial charge in [-0.25, -0.2) is 4.99 Å². The molecule has 1 aromatic rings. The molecule has 0 saturated carbocycles. The van der Waals surface area contributed by atoms with Crippen molar-refractivity contribution in [1.82, 2.24) is 0 Å². The fraction of sp³-hybridized carbons (Fsp3) is 0. The van der Waals surface area contributed by atoms with E-state index in [-0.39, 0.29) is 5.75 Å². The molecule has 3 heteroatoms. The molecular weight excluding hydrogens is 176 g/mol. The quantitative estimate of drug-likeness (QED) is 0.655. The van der Waals surface area contributed by atoms with Crippen molar-refractivity contribution >= 4 is 23.2 Å². The van der Waals surface area contributed by atoms with E-state index in [4.69, 9.17) is 0 Å². The van der Waals surface area contributed by atoms with Crippen molar-refractivity contribution in [2.24, 2.45) is 9.98 Å². The third-order valence-electron chi connectivity index (χ3n) is 2.24. The normalized spacial score (nSPS) is 17.1. The maximum Gasteiger partial charge on any atom is 0.170 e. The number of phenols is 1. The van der Waals surface area contributed by atoms with E-state index in [2.05, 4.69) is 16.5 Å². The highest BCUT2D eigenvalue weighted by atomic mass is 16.3. The van der Waals surface area contributed by atoms with Gasteiger partial charge in [-0.1, -0.05) is 0 Å². The van der Waals surface area contributed by atoms with Gasteiger partial charge in [0.25, 0.3) is 0 Å². The molecule has 0 aromatic heterocycles. The summed E-state index contributed by atoms with van der Waals surface area (Å²) < 4.78 is 0. The Kier molecular flexibility index (Phi) is 1.36. The van der Waals surface area contributed by atoms with Gasteiger partial charge in [0.1, 0.15) is 5.75 Å². The van der Waals surface area contributed by atoms with E-state index in [1.54, 1.807) is 24.4 Å². The summed E-state index contributed by atoms with van der Waals surface area (Å²) in [5.74, 6) is 0.253. The van der Waals surface area contributed by atoms with Crippen molar-refractivity contribution in [1.29, 1.82) is 0 Å². The maximum atomic E-state index is 9.35. The molecule has 66 valence electrons. The Labute approximate surface area is 81.1 Å². The zero-order valence-corrected chi connectivity index (χ0v) is 7.23. The van der Waals surface area contributed by atoms with Gasteiger partial charge in [0.2, 0.25) is 0 Å². The topological polar surface area (TPSA) is 45.0 Å². The van der Waals surface area contributed by atoms with Gasteiger partial charge in [-0.05, 0) is 24.3 Å². The van der Waals surface area contributed by atoms with Gasteiger partial charge < -0.3 is 5.11 Å². The van der Waals surface area contributed by atoms with Crippen LogP contribution in [-0.2, 0) is 0 Å². The summed E-state index contributed by atoms with van der Waals surface area (Å²) in [5, 5.41) is 9.35. The third-order valence-corrected chi connectivity index (χ3v) is 2.24. The van der Waals surface area contributed by atoms with Crippen molar-refractivity contribution in [2.75, 3.05) is 0 Å². The first-order valence-corrected chi connectivity index (χ1v) is 4.26. The Hall–Kier alpha value is -1.90. The van der Waals surface area contributed by atoms with E-state index >= 15 is 0 Å². The average molecular weight is 182 g/mol. The van der Waals surface area contributed by atoms with Gasteiger partial charge in [-0.3, -0.25) is 4.99 Å². The number of benzene rings is 1. The highest BCUT2D eigenvalue weighted by Crippen LogP contribution is 2.38. The lowest BCUT2D eigenvalue weighted by molar-refractivity contribution is 0.475. The van der Waals surface area contributed by atoms with Gasteiger partial charge in [-0.2, -0.15) is 0 Å². The second kappa shape index (κ2) is 2.54. The summed E-state index contributed by atoms with van der Waals surface area (Å²) in [6.07, 6.45) is 3.55.